The first-order chi connectivity index (χ1) is 10.2. The summed E-state index contributed by atoms with van der Waals surface area (Å²) in [5, 5.41) is 13.9. The Morgan fingerprint density at radius 1 is 1.00 bits per heavy atom. The monoisotopic (exact) mass is 300 g/mol. The van der Waals surface area contributed by atoms with Crippen LogP contribution in [0, 0.1) is 5.82 Å². The van der Waals surface area contributed by atoms with Crippen LogP contribution in [0.15, 0.2) is 53.6 Å². The lowest BCUT2D eigenvalue weighted by atomic mass is 10.2. The smallest absolute Gasteiger partial charge is 0.176 e. The molecule has 0 saturated carbocycles. The zero-order chi connectivity index (χ0) is 14.7. The maximum absolute atomic E-state index is 12.8. The Morgan fingerprint density at radius 3 is 2.48 bits per heavy atom. The van der Waals surface area contributed by atoms with Crippen molar-refractivity contribution in [2.45, 2.75) is 0 Å². The van der Waals surface area contributed by atoms with E-state index in [1.54, 1.807) is 18.3 Å². The summed E-state index contributed by atoms with van der Waals surface area (Å²) in [6, 6.07) is 13.5. The van der Waals surface area contributed by atoms with E-state index in [9.17, 15) is 4.39 Å². The molecule has 1 heterocycles. The van der Waals surface area contributed by atoms with E-state index in [-0.39, 0.29) is 5.82 Å². The quantitative estimate of drug-likeness (QED) is 0.590. The molecule has 21 heavy (non-hydrogen) atoms. The third-order valence-electron chi connectivity index (χ3n) is 2.90. The highest BCUT2D eigenvalue weighted by atomic mass is 35.5. The summed E-state index contributed by atoms with van der Waals surface area (Å²) in [6.07, 6.45) is 1.57. The number of hydrazone groups is 1. The number of anilines is 1. The molecule has 0 spiro atoms. The van der Waals surface area contributed by atoms with Crippen LogP contribution in [0.5, 0.6) is 0 Å². The van der Waals surface area contributed by atoms with Crippen molar-refractivity contribution in [2.24, 2.45) is 5.10 Å². The van der Waals surface area contributed by atoms with Gasteiger partial charge in [-0.25, -0.2) is 4.39 Å². The minimum absolute atomic E-state index is 0.283. The van der Waals surface area contributed by atoms with Crippen LogP contribution in [-0.4, -0.2) is 16.4 Å². The number of aromatic nitrogens is 2. The minimum Gasteiger partial charge on any atom is -0.259 e. The molecule has 0 aliphatic rings. The fourth-order valence-electron chi connectivity index (χ4n) is 1.87. The van der Waals surface area contributed by atoms with Crippen LogP contribution in [0.4, 0.5) is 10.2 Å². The fraction of sp³-hybridized carbons (Fsp3) is 0. The molecule has 0 saturated heterocycles. The predicted molar refractivity (Wildman–Crippen MR) is 82.2 cm³/mol. The van der Waals surface area contributed by atoms with Crippen LogP contribution in [0.2, 0.25) is 5.15 Å². The molecule has 2 aromatic carbocycles. The Bertz CT molecular complexity index is 802. The summed E-state index contributed by atoms with van der Waals surface area (Å²) in [6.45, 7) is 0. The van der Waals surface area contributed by atoms with E-state index < -0.39 is 0 Å². The van der Waals surface area contributed by atoms with Crippen molar-refractivity contribution in [2.75, 3.05) is 5.43 Å². The maximum Gasteiger partial charge on any atom is 0.176 e. The van der Waals surface area contributed by atoms with Gasteiger partial charge in [0.05, 0.1) is 6.21 Å². The van der Waals surface area contributed by atoms with Crippen molar-refractivity contribution < 1.29 is 4.39 Å². The second kappa shape index (κ2) is 5.85. The van der Waals surface area contributed by atoms with Gasteiger partial charge in [-0.1, -0.05) is 48.0 Å². The molecular formula is C15H10ClFN4. The van der Waals surface area contributed by atoms with E-state index in [4.69, 9.17) is 11.6 Å². The normalized spacial score (nSPS) is 11.1. The molecule has 3 aromatic rings. The molecule has 0 radical (unpaired) electrons. The molecule has 1 N–H and O–H groups in total. The zero-order valence-electron chi connectivity index (χ0n) is 10.8. The summed E-state index contributed by atoms with van der Waals surface area (Å²) in [4.78, 5) is 0. The highest BCUT2D eigenvalue weighted by Gasteiger charge is 2.05. The average Bonchev–Trinajstić information content (AvgIpc) is 2.52. The molecule has 0 aliphatic carbocycles. The van der Waals surface area contributed by atoms with Crippen LogP contribution >= 0.6 is 11.6 Å². The Morgan fingerprint density at radius 2 is 1.71 bits per heavy atom. The Hall–Kier alpha value is -2.53. The van der Waals surface area contributed by atoms with Gasteiger partial charge in [0.25, 0.3) is 0 Å². The van der Waals surface area contributed by atoms with Gasteiger partial charge in [-0.15, -0.1) is 10.2 Å². The molecule has 0 bridgehead atoms. The molecule has 104 valence electrons. The van der Waals surface area contributed by atoms with Crippen LogP contribution in [0.25, 0.3) is 10.8 Å². The van der Waals surface area contributed by atoms with Crippen LogP contribution < -0.4 is 5.43 Å². The van der Waals surface area contributed by atoms with E-state index in [0.717, 1.165) is 16.3 Å². The average molecular weight is 301 g/mol. The summed E-state index contributed by atoms with van der Waals surface area (Å²) in [5.74, 6) is 0.225. The van der Waals surface area contributed by atoms with Crippen molar-refractivity contribution in [1.82, 2.24) is 10.2 Å². The van der Waals surface area contributed by atoms with Gasteiger partial charge < -0.3 is 0 Å². The van der Waals surface area contributed by atoms with Crippen molar-refractivity contribution in [3.05, 3.63) is 65.1 Å². The molecule has 0 atom stereocenters. The van der Waals surface area contributed by atoms with Crippen LogP contribution in [-0.2, 0) is 0 Å². The van der Waals surface area contributed by atoms with Crippen molar-refractivity contribution in [1.29, 1.82) is 0 Å². The molecular weight excluding hydrogens is 291 g/mol. The Balaban J connectivity index is 1.85. The maximum atomic E-state index is 12.8. The summed E-state index contributed by atoms with van der Waals surface area (Å²) in [5.41, 5.74) is 3.59. The SMILES string of the molecule is Fc1ccc(C=NNc2nnc(Cl)c3ccccc23)cc1. The topological polar surface area (TPSA) is 50.2 Å². The second-order valence-electron chi connectivity index (χ2n) is 4.31. The molecule has 6 heteroatoms. The Kier molecular flexibility index (Phi) is 3.75. The van der Waals surface area contributed by atoms with E-state index in [2.05, 4.69) is 20.7 Å². The van der Waals surface area contributed by atoms with Crippen LogP contribution in [0.3, 0.4) is 0 Å². The van der Waals surface area contributed by atoms with Gasteiger partial charge in [-0.3, -0.25) is 5.43 Å². The lowest BCUT2D eigenvalue weighted by Gasteiger charge is -2.04. The summed E-state index contributed by atoms with van der Waals surface area (Å²) in [7, 11) is 0. The standard InChI is InChI=1S/C15H10ClFN4/c16-14-12-3-1-2-4-13(12)15(21-19-14)20-18-9-10-5-7-11(17)8-6-10/h1-9H,(H,20,21). The predicted octanol–water partition coefficient (Wildman–Crippen LogP) is 3.87. The molecule has 1 aromatic heterocycles. The highest BCUT2D eigenvalue weighted by Crippen LogP contribution is 2.25. The van der Waals surface area contributed by atoms with Crippen molar-refractivity contribution in [3.63, 3.8) is 0 Å². The first-order valence-corrected chi connectivity index (χ1v) is 6.57. The number of halogens is 2. The Labute approximate surface area is 125 Å². The van der Waals surface area contributed by atoms with Gasteiger partial charge in [-0.2, -0.15) is 5.10 Å². The van der Waals surface area contributed by atoms with Gasteiger partial charge in [0.2, 0.25) is 0 Å². The molecule has 0 fully saturated rings. The van der Waals surface area contributed by atoms with Gasteiger partial charge in [0, 0.05) is 10.8 Å². The number of benzene rings is 2. The fourth-order valence-corrected chi connectivity index (χ4v) is 2.07. The van der Waals surface area contributed by atoms with Crippen molar-refractivity contribution in [3.8, 4) is 0 Å². The number of nitrogens with zero attached hydrogens (tertiary/aromatic N) is 3. The van der Waals surface area contributed by atoms with Crippen LogP contribution in [0.1, 0.15) is 5.56 Å². The highest BCUT2D eigenvalue weighted by molar-refractivity contribution is 6.34. The lowest BCUT2D eigenvalue weighted by Crippen LogP contribution is -1.97. The first kappa shape index (κ1) is 13.5. The number of fused-ring (bicyclic) bond motifs is 1. The summed E-state index contributed by atoms with van der Waals surface area (Å²) >= 11 is 6.00. The van der Waals surface area contributed by atoms with Gasteiger partial charge >= 0.3 is 0 Å². The molecule has 4 nitrogen and oxygen atoms in total. The molecule has 0 unspecified atom stereocenters. The van der Waals surface area contributed by atoms with Gasteiger partial charge in [0.15, 0.2) is 11.0 Å². The number of hydrogen-bond acceptors (Lipinski definition) is 4. The van der Waals surface area contributed by atoms with E-state index in [1.165, 1.54) is 12.1 Å². The third kappa shape index (κ3) is 2.98. The van der Waals surface area contributed by atoms with E-state index in [0.29, 0.717) is 11.0 Å². The van der Waals surface area contributed by atoms with Gasteiger partial charge in [0.1, 0.15) is 5.82 Å². The summed E-state index contributed by atoms with van der Waals surface area (Å²) < 4.78 is 12.8. The van der Waals surface area contributed by atoms with E-state index >= 15 is 0 Å². The zero-order valence-corrected chi connectivity index (χ0v) is 11.5. The van der Waals surface area contributed by atoms with Gasteiger partial charge in [-0.05, 0) is 17.7 Å². The molecule has 3 rings (SSSR count). The first-order valence-electron chi connectivity index (χ1n) is 6.19. The van der Waals surface area contributed by atoms with Crippen molar-refractivity contribution >= 4 is 34.4 Å². The minimum atomic E-state index is -0.283. The number of rotatable bonds is 3. The molecule has 0 aliphatic heterocycles. The van der Waals surface area contributed by atoms with E-state index in [1.807, 2.05) is 24.3 Å². The lowest BCUT2D eigenvalue weighted by molar-refractivity contribution is 0.628. The molecule has 0 amide bonds. The number of hydrogen-bond donors (Lipinski definition) is 1. The second-order valence-corrected chi connectivity index (χ2v) is 4.66. The largest absolute Gasteiger partial charge is 0.259 e. The number of nitrogens with one attached hydrogen (secondary N) is 1. The third-order valence-corrected chi connectivity index (χ3v) is 3.18.